The van der Waals surface area contributed by atoms with Crippen LogP contribution in [0.15, 0.2) is 85.3 Å². The minimum absolute atomic E-state index is 0.238. The second kappa shape index (κ2) is 8.99. The van der Waals surface area contributed by atoms with E-state index in [2.05, 4.69) is 4.98 Å². The van der Waals surface area contributed by atoms with Crippen molar-refractivity contribution in [1.82, 2.24) is 9.55 Å². The van der Waals surface area contributed by atoms with Crippen molar-refractivity contribution in [2.75, 3.05) is 0 Å². The van der Waals surface area contributed by atoms with Gasteiger partial charge in [0.25, 0.3) is 0 Å². The molecule has 2 heterocycles. The number of aromatic nitrogens is 2. The predicted octanol–water partition coefficient (Wildman–Crippen LogP) is 6.56. The summed E-state index contributed by atoms with van der Waals surface area (Å²) >= 11 is 0. The fourth-order valence-electron chi connectivity index (χ4n) is 4.39. The van der Waals surface area contributed by atoms with Crippen LogP contribution < -0.4 is 4.74 Å². The molecule has 2 N–H and O–H groups in total. The number of benzene rings is 3. The third-order valence-corrected chi connectivity index (χ3v) is 6.23. The van der Waals surface area contributed by atoms with Crippen LogP contribution in [0.2, 0.25) is 0 Å². The molecule has 0 saturated carbocycles. The SMILES string of the molecule is Cc1c(Oc2ccnc3cc(Cn4ccc(O)c4)ccc23)cccc1-c1cccc(C(=O)O)c1C. The van der Waals surface area contributed by atoms with Crippen LogP contribution >= 0.6 is 0 Å². The zero-order valence-electron chi connectivity index (χ0n) is 19.4. The van der Waals surface area contributed by atoms with Crippen molar-refractivity contribution in [1.29, 1.82) is 0 Å². The zero-order chi connectivity index (χ0) is 24.5. The number of ether oxygens (including phenoxy) is 1. The van der Waals surface area contributed by atoms with Gasteiger partial charge in [0.1, 0.15) is 17.2 Å². The summed E-state index contributed by atoms with van der Waals surface area (Å²) in [5.41, 5.74) is 5.61. The van der Waals surface area contributed by atoms with E-state index in [4.69, 9.17) is 4.74 Å². The van der Waals surface area contributed by atoms with Gasteiger partial charge in [0, 0.05) is 30.5 Å². The van der Waals surface area contributed by atoms with Gasteiger partial charge in [-0.05, 0) is 78.1 Å². The Morgan fingerprint density at radius 1 is 0.943 bits per heavy atom. The number of pyridine rings is 1. The largest absolute Gasteiger partial charge is 0.506 e. The van der Waals surface area contributed by atoms with Crippen molar-refractivity contribution in [3.05, 3.63) is 108 Å². The third kappa shape index (κ3) is 4.34. The van der Waals surface area contributed by atoms with E-state index in [0.29, 0.717) is 23.6 Å². The van der Waals surface area contributed by atoms with Crippen molar-refractivity contribution in [2.24, 2.45) is 0 Å². The van der Waals surface area contributed by atoms with Gasteiger partial charge >= 0.3 is 5.97 Å². The number of fused-ring (bicyclic) bond motifs is 1. The Bertz CT molecular complexity index is 1570. The van der Waals surface area contributed by atoms with Gasteiger partial charge < -0.3 is 19.5 Å². The third-order valence-electron chi connectivity index (χ3n) is 6.23. The van der Waals surface area contributed by atoms with Crippen molar-refractivity contribution >= 4 is 16.9 Å². The number of carboxylic acid groups (broad SMARTS) is 1. The summed E-state index contributed by atoms with van der Waals surface area (Å²) in [7, 11) is 0. The van der Waals surface area contributed by atoms with E-state index in [1.807, 2.05) is 73.1 Å². The fourth-order valence-corrected chi connectivity index (χ4v) is 4.39. The molecule has 0 amide bonds. The Balaban J connectivity index is 1.49. The molecule has 0 atom stereocenters. The summed E-state index contributed by atoms with van der Waals surface area (Å²) in [5.74, 6) is 0.686. The van der Waals surface area contributed by atoms with E-state index in [1.165, 1.54) is 0 Å². The highest BCUT2D eigenvalue weighted by Gasteiger charge is 2.15. The van der Waals surface area contributed by atoms with Gasteiger partial charge in [0.2, 0.25) is 0 Å². The fraction of sp³-hybridized carbons (Fsp3) is 0.103. The Kier molecular flexibility index (Phi) is 5.71. The zero-order valence-corrected chi connectivity index (χ0v) is 19.4. The molecule has 0 bridgehead atoms. The smallest absolute Gasteiger partial charge is 0.335 e. The van der Waals surface area contributed by atoms with Crippen LogP contribution in [0.5, 0.6) is 17.2 Å². The highest BCUT2D eigenvalue weighted by Crippen LogP contribution is 2.37. The summed E-state index contributed by atoms with van der Waals surface area (Å²) in [6.45, 7) is 4.43. The van der Waals surface area contributed by atoms with Crippen LogP contribution in [0.25, 0.3) is 22.0 Å². The van der Waals surface area contributed by atoms with Crippen LogP contribution in [0, 0.1) is 13.8 Å². The minimum atomic E-state index is -0.939. The first kappa shape index (κ1) is 22.2. The molecule has 0 aliphatic rings. The van der Waals surface area contributed by atoms with Crippen LogP contribution in [0.4, 0.5) is 0 Å². The molecule has 174 valence electrons. The topological polar surface area (TPSA) is 84.6 Å². The number of nitrogens with zero attached hydrogens (tertiary/aromatic N) is 2. The average Bonchev–Trinajstić information content (AvgIpc) is 3.25. The van der Waals surface area contributed by atoms with Crippen LogP contribution in [-0.4, -0.2) is 25.7 Å². The van der Waals surface area contributed by atoms with Gasteiger partial charge in [-0.25, -0.2) is 4.79 Å². The normalized spacial score (nSPS) is 11.0. The number of hydrogen-bond donors (Lipinski definition) is 2. The van der Waals surface area contributed by atoms with Crippen LogP contribution in [0.3, 0.4) is 0 Å². The lowest BCUT2D eigenvalue weighted by Crippen LogP contribution is -2.01. The molecule has 0 spiro atoms. The molecule has 35 heavy (non-hydrogen) atoms. The second-order valence-electron chi connectivity index (χ2n) is 8.52. The lowest BCUT2D eigenvalue weighted by Gasteiger charge is -2.16. The second-order valence-corrected chi connectivity index (χ2v) is 8.52. The molecular formula is C29H24N2O4. The molecule has 6 heteroatoms. The molecule has 3 aromatic carbocycles. The Morgan fingerprint density at radius 3 is 2.46 bits per heavy atom. The van der Waals surface area contributed by atoms with E-state index in [-0.39, 0.29) is 5.75 Å². The molecule has 0 aliphatic carbocycles. The molecule has 0 fully saturated rings. The molecule has 5 rings (SSSR count). The first-order chi connectivity index (χ1) is 16.9. The van der Waals surface area contributed by atoms with Gasteiger partial charge in [-0.1, -0.05) is 30.3 Å². The molecule has 0 saturated heterocycles. The Hall–Kier alpha value is -4.58. The van der Waals surface area contributed by atoms with E-state index in [0.717, 1.165) is 38.7 Å². The monoisotopic (exact) mass is 464 g/mol. The van der Waals surface area contributed by atoms with Crippen molar-refractivity contribution in [3.63, 3.8) is 0 Å². The van der Waals surface area contributed by atoms with E-state index < -0.39 is 5.97 Å². The lowest BCUT2D eigenvalue weighted by molar-refractivity contribution is 0.0696. The highest BCUT2D eigenvalue weighted by atomic mass is 16.5. The standard InChI is InChI=1S/C29H24N2O4/c1-18-22(5-3-7-24(18)29(33)34)23-6-4-8-27(19(23)2)35-28-11-13-30-26-15-20(9-10-25(26)28)16-31-14-12-21(32)17-31/h3-15,17,32H,16H2,1-2H3,(H,33,34). The van der Waals surface area contributed by atoms with Crippen molar-refractivity contribution in [2.45, 2.75) is 20.4 Å². The Labute approximate surface area is 202 Å². The number of carboxylic acids is 1. The van der Waals surface area contributed by atoms with Crippen molar-refractivity contribution < 1.29 is 19.7 Å². The van der Waals surface area contributed by atoms with Crippen LogP contribution in [-0.2, 0) is 6.54 Å². The predicted molar refractivity (Wildman–Crippen MR) is 135 cm³/mol. The first-order valence-corrected chi connectivity index (χ1v) is 11.2. The van der Waals surface area contributed by atoms with Gasteiger partial charge in [0.15, 0.2) is 0 Å². The molecule has 5 aromatic rings. The quantitative estimate of drug-likeness (QED) is 0.297. The van der Waals surface area contributed by atoms with Gasteiger partial charge in [-0.15, -0.1) is 0 Å². The summed E-state index contributed by atoms with van der Waals surface area (Å²) < 4.78 is 8.28. The maximum absolute atomic E-state index is 11.6. The highest BCUT2D eigenvalue weighted by molar-refractivity contribution is 5.92. The maximum Gasteiger partial charge on any atom is 0.335 e. The number of aromatic carboxylic acids is 1. The summed E-state index contributed by atoms with van der Waals surface area (Å²) in [6.07, 6.45) is 5.24. The van der Waals surface area contributed by atoms with Gasteiger partial charge in [0.05, 0.1) is 11.1 Å². The van der Waals surface area contributed by atoms with Gasteiger partial charge in [-0.3, -0.25) is 4.98 Å². The number of aromatic hydroxyl groups is 1. The van der Waals surface area contributed by atoms with Gasteiger partial charge in [-0.2, -0.15) is 0 Å². The number of hydrogen-bond acceptors (Lipinski definition) is 4. The molecule has 0 aliphatic heterocycles. The maximum atomic E-state index is 11.6. The minimum Gasteiger partial charge on any atom is -0.506 e. The van der Waals surface area contributed by atoms with E-state index in [9.17, 15) is 15.0 Å². The number of carbonyl (C=O) groups is 1. The molecule has 0 unspecified atom stereocenters. The molecular weight excluding hydrogens is 440 g/mol. The average molecular weight is 465 g/mol. The van der Waals surface area contributed by atoms with E-state index in [1.54, 1.807) is 30.6 Å². The molecule has 2 aromatic heterocycles. The summed E-state index contributed by atoms with van der Waals surface area (Å²) in [6, 6.07) is 20.7. The Morgan fingerprint density at radius 2 is 1.71 bits per heavy atom. The lowest BCUT2D eigenvalue weighted by atomic mass is 9.93. The summed E-state index contributed by atoms with van der Waals surface area (Å²) in [4.78, 5) is 16.1. The van der Waals surface area contributed by atoms with Crippen molar-refractivity contribution in [3.8, 4) is 28.4 Å². The molecule has 6 nitrogen and oxygen atoms in total. The number of rotatable bonds is 6. The first-order valence-electron chi connectivity index (χ1n) is 11.2. The molecule has 0 radical (unpaired) electrons. The van der Waals surface area contributed by atoms with Crippen LogP contribution in [0.1, 0.15) is 27.0 Å². The van der Waals surface area contributed by atoms with E-state index >= 15 is 0 Å². The summed E-state index contributed by atoms with van der Waals surface area (Å²) in [5, 5.41) is 20.0.